The number of hydrogen-bond acceptors (Lipinski definition) is 5. The van der Waals surface area contributed by atoms with Crippen LogP contribution in [-0.2, 0) is 11.2 Å². The Hall–Kier alpha value is -2.60. The van der Waals surface area contributed by atoms with E-state index in [9.17, 15) is 4.79 Å². The molecule has 0 radical (unpaired) electrons. The zero-order valence-electron chi connectivity index (χ0n) is 14.4. The van der Waals surface area contributed by atoms with Crippen LogP contribution in [0.25, 0.3) is 0 Å². The summed E-state index contributed by atoms with van der Waals surface area (Å²) in [5.74, 6) is 0.163. The molecule has 1 aromatic heterocycles. The van der Waals surface area contributed by atoms with Gasteiger partial charge in [0.1, 0.15) is 12.2 Å². The highest BCUT2D eigenvalue weighted by atomic mass is 16.5. The lowest BCUT2D eigenvalue weighted by Gasteiger charge is -2.19. The Morgan fingerprint density at radius 2 is 2.12 bits per heavy atom. The first-order valence-electron chi connectivity index (χ1n) is 8.47. The van der Waals surface area contributed by atoms with Crippen LogP contribution in [-0.4, -0.2) is 50.8 Å². The monoisotopic (exact) mass is 341 g/mol. The van der Waals surface area contributed by atoms with Gasteiger partial charge in [-0.3, -0.25) is 4.79 Å². The average molecular weight is 341 g/mol. The molecule has 0 unspecified atom stereocenters. The molecule has 0 bridgehead atoms. The molecule has 1 aliphatic heterocycles. The van der Waals surface area contributed by atoms with Gasteiger partial charge in [0.05, 0.1) is 6.61 Å². The van der Waals surface area contributed by atoms with E-state index in [1.54, 1.807) is 25.4 Å². The maximum absolute atomic E-state index is 12.4. The van der Waals surface area contributed by atoms with E-state index in [1.165, 1.54) is 11.3 Å². The summed E-state index contributed by atoms with van der Waals surface area (Å²) in [4.78, 5) is 18.9. The van der Waals surface area contributed by atoms with Gasteiger partial charge in [-0.1, -0.05) is 18.2 Å². The van der Waals surface area contributed by atoms with Crippen LogP contribution >= 0.6 is 0 Å². The van der Waals surface area contributed by atoms with Crippen LogP contribution in [0, 0.1) is 0 Å². The molecule has 6 heteroatoms. The fourth-order valence-electron chi connectivity index (χ4n) is 2.94. The topological polar surface area (TPSA) is 63.7 Å². The van der Waals surface area contributed by atoms with E-state index in [0.717, 1.165) is 19.5 Å². The summed E-state index contributed by atoms with van der Waals surface area (Å²) in [6, 6.07) is 11.9. The van der Waals surface area contributed by atoms with Gasteiger partial charge in [-0.05, 0) is 30.2 Å². The first kappa shape index (κ1) is 17.2. The third kappa shape index (κ3) is 4.28. The number of amides is 1. The molecule has 6 nitrogen and oxygen atoms in total. The maximum Gasteiger partial charge on any atom is 0.256 e. The van der Waals surface area contributed by atoms with Crippen LogP contribution < -0.4 is 15.0 Å². The minimum absolute atomic E-state index is 0.173. The number of nitrogens with zero attached hydrogens (tertiary/aromatic N) is 2. The largest absolute Gasteiger partial charge is 0.475 e. The number of carbonyl (C=O) groups is 1. The summed E-state index contributed by atoms with van der Waals surface area (Å²) < 4.78 is 10.5. The van der Waals surface area contributed by atoms with Gasteiger partial charge >= 0.3 is 0 Å². The standard InChI is InChI=1S/C19H23N3O3/c1-24-13-14-25-19-16(6-4-9-21-19)18(23)20-10-12-22-11-8-15-5-2-3-7-17(15)22/h2-7,9H,8,10-14H2,1H3,(H,20,23). The molecule has 0 aliphatic carbocycles. The first-order chi connectivity index (χ1) is 12.3. The van der Waals surface area contributed by atoms with E-state index < -0.39 is 0 Å². The second-order valence-electron chi connectivity index (χ2n) is 5.82. The van der Waals surface area contributed by atoms with Crippen LogP contribution in [0.15, 0.2) is 42.6 Å². The number of methoxy groups -OCH3 is 1. The second-order valence-corrected chi connectivity index (χ2v) is 5.82. The third-order valence-corrected chi connectivity index (χ3v) is 4.19. The number of pyridine rings is 1. The highest BCUT2D eigenvalue weighted by Gasteiger charge is 2.18. The molecule has 132 valence electrons. The number of carbonyl (C=O) groups excluding carboxylic acids is 1. The van der Waals surface area contributed by atoms with Gasteiger partial charge in [0, 0.05) is 38.6 Å². The van der Waals surface area contributed by atoms with Gasteiger partial charge in [-0.15, -0.1) is 0 Å². The Labute approximate surface area is 147 Å². The number of nitrogens with one attached hydrogen (secondary N) is 1. The Balaban J connectivity index is 1.53. The predicted molar refractivity (Wildman–Crippen MR) is 96.3 cm³/mol. The quantitative estimate of drug-likeness (QED) is 0.743. The second kappa shape index (κ2) is 8.48. The number of fused-ring (bicyclic) bond motifs is 1. The SMILES string of the molecule is COCCOc1ncccc1C(=O)NCCN1CCc2ccccc21. The number of aromatic nitrogens is 1. The Morgan fingerprint density at radius 3 is 3.00 bits per heavy atom. The van der Waals surface area contributed by atoms with Gasteiger partial charge in [0.2, 0.25) is 5.88 Å². The first-order valence-corrected chi connectivity index (χ1v) is 8.47. The summed E-state index contributed by atoms with van der Waals surface area (Å²) in [6.45, 7) is 3.15. The van der Waals surface area contributed by atoms with Crippen molar-refractivity contribution < 1.29 is 14.3 Å². The molecule has 3 rings (SSSR count). The van der Waals surface area contributed by atoms with Crippen molar-refractivity contribution in [3.8, 4) is 5.88 Å². The highest BCUT2D eigenvalue weighted by molar-refractivity contribution is 5.96. The molecule has 1 aliphatic rings. The summed E-state index contributed by atoms with van der Waals surface area (Å²) in [5.41, 5.74) is 3.08. The van der Waals surface area contributed by atoms with Crippen molar-refractivity contribution in [3.05, 3.63) is 53.7 Å². The van der Waals surface area contributed by atoms with Crippen molar-refractivity contribution in [2.24, 2.45) is 0 Å². The number of rotatable bonds is 8. The number of benzene rings is 1. The summed E-state index contributed by atoms with van der Waals surface area (Å²) in [7, 11) is 1.60. The summed E-state index contributed by atoms with van der Waals surface area (Å²) in [5, 5.41) is 2.96. The molecule has 1 N–H and O–H groups in total. The van der Waals surface area contributed by atoms with Gasteiger partial charge in [-0.2, -0.15) is 0 Å². The molecule has 0 spiro atoms. The number of hydrogen-bond donors (Lipinski definition) is 1. The minimum Gasteiger partial charge on any atom is -0.475 e. The lowest BCUT2D eigenvalue weighted by Crippen LogP contribution is -2.34. The van der Waals surface area contributed by atoms with E-state index in [1.807, 2.05) is 0 Å². The maximum atomic E-state index is 12.4. The van der Waals surface area contributed by atoms with E-state index >= 15 is 0 Å². The van der Waals surface area contributed by atoms with Crippen LogP contribution in [0.3, 0.4) is 0 Å². The van der Waals surface area contributed by atoms with Crippen LogP contribution in [0.2, 0.25) is 0 Å². The smallest absolute Gasteiger partial charge is 0.256 e. The highest BCUT2D eigenvalue weighted by Crippen LogP contribution is 2.26. The molecule has 2 heterocycles. The Bertz CT molecular complexity index is 721. The van der Waals surface area contributed by atoms with Crippen LogP contribution in [0.4, 0.5) is 5.69 Å². The zero-order valence-corrected chi connectivity index (χ0v) is 14.4. The average Bonchev–Trinajstić information content (AvgIpc) is 3.05. The van der Waals surface area contributed by atoms with Gasteiger partial charge in [-0.25, -0.2) is 4.98 Å². The summed E-state index contributed by atoms with van der Waals surface area (Å²) >= 11 is 0. The van der Waals surface area contributed by atoms with E-state index in [4.69, 9.17) is 9.47 Å². The number of anilines is 1. The molecular weight excluding hydrogens is 318 g/mol. The van der Waals surface area contributed by atoms with Gasteiger partial charge in [0.25, 0.3) is 5.91 Å². The molecule has 1 aromatic carbocycles. The molecule has 0 fully saturated rings. The molecule has 0 atom stereocenters. The van der Waals surface area contributed by atoms with Crippen molar-refractivity contribution in [3.63, 3.8) is 0 Å². The van der Waals surface area contributed by atoms with Gasteiger partial charge < -0.3 is 19.7 Å². The van der Waals surface area contributed by atoms with Crippen molar-refractivity contribution in [2.75, 3.05) is 44.9 Å². The van der Waals surface area contributed by atoms with Crippen LogP contribution in [0.1, 0.15) is 15.9 Å². The minimum atomic E-state index is -0.173. The van der Waals surface area contributed by atoms with Gasteiger partial charge in [0.15, 0.2) is 0 Å². The number of ether oxygens (including phenoxy) is 2. The lowest BCUT2D eigenvalue weighted by molar-refractivity contribution is 0.0945. The number of para-hydroxylation sites is 1. The van der Waals surface area contributed by atoms with Crippen molar-refractivity contribution in [2.45, 2.75) is 6.42 Å². The summed E-state index contributed by atoms with van der Waals surface area (Å²) in [6.07, 6.45) is 2.67. The van der Waals surface area contributed by atoms with Crippen molar-refractivity contribution >= 4 is 11.6 Å². The van der Waals surface area contributed by atoms with E-state index in [2.05, 4.69) is 39.5 Å². The molecular formula is C19H23N3O3. The van der Waals surface area contributed by atoms with E-state index in [-0.39, 0.29) is 5.91 Å². The Morgan fingerprint density at radius 1 is 1.24 bits per heavy atom. The third-order valence-electron chi connectivity index (χ3n) is 4.19. The van der Waals surface area contributed by atoms with Crippen LogP contribution in [0.5, 0.6) is 5.88 Å². The molecule has 1 amide bonds. The fourth-order valence-corrected chi connectivity index (χ4v) is 2.94. The van der Waals surface area contributed by atoms with Crippen molar-refractivity contribution in [1.82, 2.24) is 10.3 Å². The van der Waals surface area contributed by atoms with E-state index in [0.29, 0.717) is 31.2 Å². The predicted octanol–water partition coefficient (Wildman–Crippen LogP) is 1.90. The van der Waals surface area contributed by atoms with Crippen molar-refractivity contribution in [1.29, 1.82) is 0 Å². The zero-order chi connectivity index (χ0) is 17.5. The molecule has 0 saturated carbocycles. The molecule has 2 aromatic rings. The Kier molecular flexibility index (Phi) is 5.85. The lowest BCUT2D eigenvalue weighted by atomic mass is 10.2. The normalized spacial score (nSPS) is 12.8. The molecule has 25 heavy (non-hydrogen) atoms. The fraction of sp³-hybridized carbons (Fsp3) is 0.368. The molecule has 0 saturated heterocycles.